The van der Waals surface area contributed by atoms with Gasteiger partial charge in [0.25, 0.3) is 0 Å². The number of benzene rings is 1. The van der Waals surface area contributed by atoms with Gasteiger partial charge < -0.3 is 10.8 Å². The maximum absolute atomic E-state index is 12.0. The number of phenolic OH excluding ortho intramolecular Hbond substituents is 1. The zero-order valence-corrected chi connectivity index (χ0v) is 9.55. The van der Waals surface area contributed by atoms with E-state index >= 15 is 0 Å². The van der Waals surface area contributed by atoms with Crippen molar-refractivity contribution >= 4 is 11.6 Å². The molecule has 0 unspecified atom stereocenters. The molecule has 4 nitrogen and oxygen atoms in total. The lowest BCUT2D eigenvalue weighted by molar-refractivity contribution is 0.103. The first-order valence-corrected chi connectivity index (χ1v) is 5.01. The second-order valence-electron chi connectivity index (χ2n) is 3.41. The minimum atomic E-state index is -0.344. The molecule has 0 saturated heterocycles. The summed E-state index contributed by atoms with van der Waals surface area (Å²) in [4.78, 5) is 15.8. The standard InChI is InChI=1S/C13H14N2O2/c1-3-10(8-15-9(2)14)13(17)11-6-4-5-7-12(11)16/h3-8,16H,1H2,2H3,(H2,14,15)/b10-8+. The number of phenols is 1. The second-order valence-corrected chi connectivity index (χ2v) is 3.41. The first-order valence-electron chi connectivity index (χ1n) is 5.01. The van der Waals surface area contributed by atoms with Gasteiger partial charge in [0.2, 0.25) is 0 Å². The molecule has 0 amide bonds. The summed E-state index contributed by atoms with van der Waals surface area (Å²) >= 11 is 0. The molecule has 0 aromatic heterocycles. The molecule has 0 fully saturated rings. The molecule has 0 bridgehead atoms. The average Bonchev–Trinajstić information content (AvgIpc) is 2.29. The van der Waals surface area contributed by atoms with E-state index in [-0.39, 0.29) is 22.7 Å². The number of ketones is 1. The number of carbonyl (C=O) groups is 1. The molecule has 0 spiro atoms. The van der Waals surface area contributed by atoms with Crippen molar-refractivity contribution in [3.8, 4) is 5.75 Å². The maximum Gasteiger partial charge on any atom is 0.198 e. The Morgan fingerprint density at radius 1 is 1.47 bits per heavy atom. The van der Waals surface area contributed by atoms with Crippen molar-refractivity contribution in [3.63, 3.8) is 0 Å². The summed E-state index contributed by atoms with van der Waals surface area (Å²) in [5.74, 6) is -0.0729. The third-order valence-electron chi connectivity index (χ3n) is 2.04. The van der Waals surface area contributed by atoms with Crippen LogP contribution in [0.15, 0.2) is 53.7 Å². The van der Waals surface area contributed by atoms with Crippen LogP contribution in [0.1, 0.15) is 17.3 Å². The Morgan fingerprint density at radius 2 is 2.12 bits per heavy atom. The highest BCUT2D eigenvalue weighted by Crippen LogP contribution is 2.19. The third-order valence-corrected chi connectivity index (χ3v) is 2.04. The number of carbonyl (C=O) groups excluding carboxylic acids is 1. The number of hydrogen-bond acceptors (Lipinski definition) is 3. The number of nitrogens with zero attached hydrogens (tertiary/aromatic N) is 1. The lowest BCUT2D eigenvalue weighted by Gasteiger charge is -2.03. The highest BCUT2D eigenvalue weighted by molar-refractivity contribution is 6.12. The number of para-hydroxylation sites is 1. The highest BCUT2D eigenvalue weighted by Gasteiger charge is 2.12. The number of aliphatic imine (C=N–C) groups is 1. The van der Waals surface area contributed by atoms with Crippen LogP contribution in [0.2, 0.25) is 0 Å². The Balaban J connectivity index is 3.11. The molecule has 88 valence electrons. The Kier molecular flexibility index (Phi) is 4.22. The first kappa shape index (κ1) is 12.7. The maximum atomic E-state index is 12.0. The third kappa shape index (κ3) is 3.31. The highest BCUT2D eigenvalue weighted by atomic mass is 16.3. The van der Waals surface area contributed by atoms with Crippen LogP contribution < -0.4 is 5.73 Å². The predicted molar refractivity (Wildman–Crippen MR) is 68.0 cm³/mol. The fourth-order valence-corrected chi connectivity index (χ4v) is 1.20. The molecule has 1 rings (SSSR count). The van der Waals surface area contributed by atoms with Crippen LogP contribution in [-0.4, -0.2) is 16.7 Å². The van der Waals surface area contributed by atoms with Gasteiger partial charge in [0.05, 0.1) is 11.4 Å². The number of rotatable bonds is 4. The summed E-state index contributed by atoms with van der Waals surface area (Å²) in [7, 11) is 0. The molecule has 3 N–H and O–H groups in total. The Hall–Kier alpha value is -2.36. The van der Waals surface area contributed by atoms with Gasteiger partial charge in [-0.25, -0.2) is 4.99 Å². The van der Waals surface area contributed by atoms with Crippen molar-refractivity contribution in [1.29, 1.82) is 0 Å². The lowest BCUT2D eigenvalue weighted by Crippen LogP contribution is -2.05. The molecule has 1 aromatic carbocycles. The van der Waals surface area contributed by atoms with Crippen LogP contribution >= 0.6 is 0 Å². The van der Waals surface area contributed by atoms with E-state index in [0.717, 1.165) is 0 Å². The molecule has 4 heteroatoms. The summed E-state index contributed by atoms with van der Waals surface area (Å²) in [6.45, 7) is 5.15. The van der Waals surface area contributed by atoms with E-state index in [1.165, 1.54) is 24.4 Å². The van der Waals surface area contributed by atoms with E-state index in [2.05, 4.69) is 11.6 Å². The van der Waals surface area contributed by atoms with Crippen LogP contribution in [0.4, 0.5) is 0 Å². The zero-order valence-electron chi connectivity index (χ0n) is 9.55. The van der Waals surface area contributed by atoms with E-state index in [0.29, 0.717) is 5.84 Å². The van der Waals surface area contributed by atoms with Gasteiger partial charge in [0, 0.05) is 11.8 Å². The molecular weight excluding hydrogens is 216 g/mol. The van der Waals surface area contributed by atoms with Crippen molar-refractivity contribution in [2.45, 2.75) is 6.92 Å². The molecule has 0 aliphatic rings. The largest absolute Gasteiger partial charge is 0.507 e. The summed E-state index contributed by atoms with van der Waals surface area (Å²) in [5, 5.41) is 9.56. The zero-order chi connectivity index (χ0) is 12.8. The number of amidine groups is 1. The Bertz CT molecular complexity index is 498. The van der Waals surface area contributed by atoms with Gasteiger partial charge in [-0.1, -0.05) is 24.8 Å². The summed E-state index contributed by atoms with van der Waals surface area (Å²) < 4.78 is 0. The van der Waals surface area contributed by atoms with Gasteiger partial charge in [-0.3, -0.25) is 4.79 Å². The van der Waals surface area contributed by atoms with Gasteiger partial charge in [-0.2, -0.15) is 0 Å². The monoisotopic (exact) mass is 230 g/mol. The Labute approximate surface area is 99.8 Å². The van der Waals surface area contributed by atoms with Crippen molar-refractivity contribution in [3.05, 3.63) is 54.3 Å². The summed E-state index contributed by atoms with van der Waals surface area (Å²) in [6, 6.07) is 6.30. The first-order chi connectivity index (χ1) is 8.06. The van der Waals surface area contributed by atoms with Crippen LogP contribution in [0.25, 0.3) is 0 Å². The number of hydrogen-bond donors (Lipinski definition) is 2. The van der Waals surface area contributed by atoms with Gasteiger partial charge in [0.1, 0.15) is 5.75 Å². The average molecular weight is 230 g/mol. The molecule has 0 heterocycles. The smallest absolute Gasteiger partial charge is 0.198 e. The minimum absolute atomic E-state index is 0.0706. The quantitative estimate of drug-likeness (QED) is 0.273. The van der Waals surface area contributed by atoms with Crippen molar-refractivity contribution in [1.82, 2.24) is 0 Å². The second kappa shape index (κ2) is 5.65. The minimum Gasteiger partial charge on any atom is -0.507 e. The number of Topliss-reactive ketones (excluding diaryl/α,β-unsaturated/α-hetero) is 1. The fourth-order valence-electron chi connectivity index (χ4n) is 1.20. The predicted octanol–water partition coefficient (Wildman–Crippen LogP) is 2.02. The van der Waals surface area contributed by atoms with E-state index in [4.69, 9.17) is 5.73 Å². The molecular formula is C13H14N2O2. The summed E-state index contributed by atoms with van der Waals surface area (Å²) in [6.07, 6.45) is 2.71. The van der Waals surface area contributed by atoms with Crippen molar-refractivity contribution in [2.75, 3.05) is 0 Å². The van der Waals surface area contributed by atoms with E-state index in [1.54, 1.807) is 19.1 Å². The van der Waals surface area contributed by atoms with Crippen LogP contribution in [0, 0.1) is 0 Å². The topological polar surface area (TPSA) is 75.7 Å². The van der Waals surface area contributed by atoms with Crippen molar-refractivity contribution in [2.24, 2.45) is 10.7 Å². The molecule has 1 aromatic rings. The van der Waals surface area contributed by atoms with Crippen molar-refractivity contribution < 1.29 is 9.90 Å². The fraction of sp³-hybridized carbons (Fsp3) is 0.0769. The molecule has 0 aliphatic heterocycles. The van der Waals surface area contributed by atoms with E-state index in [1.807, 2.05) is 0 Å². The van der Waals surface area contributed by atoms with E-state index in [9.17, 15) is 9.90 Å². The SMILES string of the molecule is C=C/C(=C\N=C(C)N)C(=O)c1ccccc1O. The molecule has 0 aliphatic carbocycles. The molecule has 0 saturated carbocycles. The lowest BCUT2D eigenvalue weighted by atomic mass is 10.0. The van der Waals surface area contributed by atoms with Crippen LogP contribution in [0.3, 0.4) is 0 Å². The van der Waals surface area contributed by atoms with Gasteiger partial charge in [-0.15, -0.1) is 0 Å². The summed E-state index contributed by atoms with van der Waals surface area (Å²) in [5.41, 5.74) is 5.86. The Morgan fingerprint density at radius 3 is 2.65 bits per heavy atom. The molecule has 0 radical (unpaired) electrons. The number of allylic oxidation sites excluding steroid dienone is 2. The van der Waals surface area contributed by atoms with E-state index < -0.39 is 0 Å². The van der Waals surface area contributed by atoms with Crippen LogP contribution in [-0.2, 0) is 0 Å². The van der Waals surface area contributed by atoms with Crippen LogP contribution in [0.5, 0.6) is 5.75 Å². The molecule has 0 atom stereocenters. The number of nitrogens with two attached hydrogens (primary N) is 1. The van der Waals surface area contributed by atoms with Gasteiger partial charge in [-0.05, 0) is 19.1 Å². The van der Waals surface area contributed by atoms with Gasteiger partial charge >= 0.3 is 0 Å². The molecule has 17 heavy (non-hydrogen) atoms. The normalized spacial score (nSPS) is 12.3. The number of aromatic hydroxyl groups is 1. The van der Waals surface area contributed by atoms with Gasteiger partial charge in [0.15, 0.2) is 5.78 Å².